The Morgan fingerprint density at radius 1 is 1.53 bits per heavy atom. The summed E-state index contributed by atoms with van der Waals surface area (Å²) in [6.07, 6.45) is 2.73. The molecular formula is C11H14BrNOS. The molecular weight excluding hydrogens is 274 g/mol. The summed E-state index contributed by atoms with van der Waals surface area (Å²) in [4.78, 5) is 15.6. The van der Waals surface area contributed by atoms with Gasteiger partial charge in [-0.2, -0.15) is 0 Å². The molecule has 0 radical (unpaired) electrons. The largest absolute Gasteiger partial charge is 0.342 e. The van der Waals surface area contributed by atoms with Crippen LogP contribution in [0.25, 0.3) is 0 Å². The Morgan fingerprint density at radius 2 is 2.27 bits per heavy atom. The highest BCUT2D eigenvalue weighted by Gasteiger charge is 2.21. The van der Waals surface area contributed by atoms with Crippen LogP contribution in [0.4, 0.5) is 0 Å². The number of piperidine rings is 1. The molecule has 4 heteroatoms. The number of amides is 1. The molecule has 1 aliphatic heterocycles. The number of carbonyl (C=O) groups excluding carboxylic acids is 1. The molecule has 15 heavy (non-hydrogen) atoms. The van der Waals surface area contributed by atoms with E-state index in [1.54, 1.807) is 11.3 Å². The zero-order valence-corrected chi connectivity index (χ0v) is 10.9. The van der Waals surface area contributed by atoms with Crippen molar-refractivity contribution >= 4 is 33.2 Å². The predicted octanol–water partition coefficient (Wildman–Crippen LogP) is 2.68. The maximum Gasteiger partial charge on any atom is 0.227 e. The van der Waals surface area contributed by atoms with E-state index in [0.29, 0.717) is 11.2 Å². The summed E-state index contributed by atoms with van der Waals surface area (Å²) in [5.41, 5.74) is 0. The Balaban J connectivity index is 1.86. The van der Waals surface area contributed by atoms with Crippen molar-refractivity contribution in [3.8, 4) is 0 Å². The molecule has 1 saturated heterocycles. The summed E-state index contributed by atoms with van der Waals surface area (Å²) in [5, 5.41) is 2.02. The molecule has 1 aromatic rings. The van der Waals surface area contributed by atoms with E-state index in [1.165, 1.54) is 4.88 Å². The number of likely N-dealkylation sites (tertiary alicyclic amines) is 1. The number of hydrogen-bond acceptors (Lipinski definition) is 2. The third kappa shape index (κ3) is 3.05. The van der Waals surface area contributed by atoms with E-state index in [9.17, 15) is 4.79 Å². The summed E-state index contributed by atoms with van der Waals surface area (Å²) in [6, 6.07) is 4.03. The Bertz CT molecular complexity index is 317. The molecule has 0 atom stereocenters. The van der Waals surface area contributed by atoms with E-state index in [1.807, 2.05) is 22.4 Å². The van der Waals surface area contributed by atoms with E-state index in [-0.39, 0.29) is 5.91 Å². The summed E-state index contributed by atoms with van der Waals surface area (Å²) in [5.74, 6) is 0.275. The Morgan fingerprint density at radius 3 is 2.87 bits per heavy atom. The lowest BCUT2D eigenvalue weighted by atomic mass is 10.1. The van der Waals surface area contributed by atoms with Crippen LogP contribution >= 0.6 is 27.3 Å². The topological polar surface area (TPSA) is 20.3 Å². The highest BCUT2D eigenvalue weighted by atomic mass is 79.9. The average Bonchev–Trinajstić information content (AvgIpc) is 2.71. The fourth-order valence-corrected chi connectivity index (χ4v) is 2.88. The van der Waals surface area contributed by atoms with Crippen LogP contribution in [-0.2, 0) is 11.2 Å². The number of halogens is 1. The molecule has 0 saturated carbocycles. The maximum absolute atomic E-state index is 11.9. The van der Waals surface area contributed by atoms with E-state index >= 15 is 0 Å². The van der Waals surface area contributed by atoms with Gasteiger partial charge >= 0.3 is 0 Å². The zero-order valence-electron chi connectivity index (χ0n) is 8.49. The molecule has 0 spiro atoms. The second-order valence-electron chi connectivity index (χ2n) is 3.81. The minimum Gasteiger partial charge on any atom is -0.342 e. The number of rotatable bonds is 2. The van der Waals surface area contributed by atoms with Gasteiger partial charge in [0.15, 0.2) is 0 Å². The molecule has 1 aromatic heterocycles. The van der Waals surface area contributed by atoms with Gasteiger partial charge in [0.25, 0.3) is 0 Å². The van der Waals surface area contributed by atoms with E-state index in [0.717, 1.165) is 25.9 Å². The van der Waals surface area contributed by atoms with Crippen LogP contribution in [0.5, 0.6) is 0 Å². The number of thiophene rings is 1. The molecule has 0 bridgehead atoms. The van der Waals surface area contributed by atoms with Crippen LogP contribution in [0, 0.1) is 0 Å². The summed E-state index contributed by atoms with van der Waals surface area (Å²) < 4.78 is 0. The summed E-state index contributed by atoms with van der Waals surface area (Å²) in [6.45, 7) is 1.81. The molecule has 2 heterocycles. The quantitative estimate of drug-likeness (QED) is 0.766. The predicted molar refractivity (Wildman–Crippen MR) is 66.6 cm³/mol. The van der Waals surface area contributed by atoms with Gasteiger partial charge in [-0.3, -0.25) is 4.79 Å². The van der Waals surface area contributed by atoms with E-state index < -0.39 is 0 Å². The van der Waals surface area contributed by atoms with Crippen molar-refractivity contribution < 1.29 is 4.79 Å². The van der Waals surface area contributed by atoms with Crippen molar-refractivity contribution in [1.29, 1.82) is 0 Å². The third-order valence-corrected chi connectivity index (χ3v) is 4.47. The summed E-state index contributed by atoms with van der Waals surface area (Å²) in [7, 11) is 0. The molecule has 82 valence electrons. The Labute approximate surface area is 102 Å². The smallest absolute Gasteiger partial charge is 0.227 e. The lowest BCUT2D eigenvalue weighted by Crippen LogP contribution is -2.39. The first-order valence-electron chi connectivity index (χ1n) is 5.20. The average molecular weight is 288 g/mol. The van der Waals surface area contributed by atoms with Gasteiger partial charge in [0.2, 0.25) is 5.91 Å². The van der Waals surface area contributed by atoms with Crippen molar-refractivity contribution in [3.63, 3.8) is 0 Å². The van der Waals surface area contributed by atoms with Crippen molar-refractivity contribution in [2.75, 3.05) is 13.1 Å². The molecule has 0 N–H and O–H groups in total. The summed E-state index contributed by atoms with van der Waals surface area (Å²) >= 11 is 5.25. The fourth-order valence-electron chi connectivity index (χ4n) is 1.77. The van der Waals surface area contributed by atoms with Gasteiger partial charge in [0, 0.05) is 22.8 Å². The van der Waals surface area contributed by atoms with Gasteiger partial charge in [-0.05, 0) is 24.3 Å². The number of nitrogens with zero attached hydrogens (tertiary/aromatic N) is 1. The molecule has 2 nitrogen and oxygen atoms in total. The van der Waals surface area contributed by atoms with Crippen LogP contribution in [-0.4, -0.2) is 28.7 Å². The van der Waals surface area contributed by atoms with Gasteiger partial charge in [0.05, 0.1) is 6.42 Å². The lowest BCUT2D eigenvalue weighted by Gasteiger charge is -2.29. The lowest BCUT2D eigenvalue weighted by molar-refractivity contribution is -0.131. The third-order valence-electron chi connectivity index (χ3n) is 2.68. The van der Waals surface area contributed by atoms with E-state index in [4.69, 9.17) is 0 Å². The first kappa shape index (κ1) is 11.1. The first-order valence-corrected chi connectivity index (χ1v) is 6.99. The van der Waals surface area contributed by atoms with Crippen LogP contribution < -0.4 is 0 Å². The van der Waals surface area contributed by atoms with Crippen molar-refractivity contribution in [1.82, 2.24) is 4.90 Å². The van der Waals surface area contributed by atoms with Gasteiger partial charge in [-0.15, -0.1) is 11.3 Å². The molecule has 1 aliphatic rings. The van der Waals surface area contributed by atoms with Crippen molar-refractivity contribution in [2.24, 2.45) is 0 Å². The normalized spacial score (nSPS) is 18.1. The number of carbonyl (C=O) groups is 1. The first-order chi connectivity index (χ1) is 7.25. The molecule has 0 aromatic carbocycles. The SMILES string of the molecule is O=C(Cc1cccs1)N1CCC(Br)CC1. The second-order valence-corrected chi connectivity index (χ2v) is 6.14. The minimum atomic E-state index is 0.275. The van der Waals surface area contributed by atoms with Gasteiger partial charge < -0.3 is 4.90 Å². The fraction of sp³-hybridized carbons (Fsp3) is 0.545. The van der Waals surface area contributed by atoms with Crippen molar-refractivity contribution in [2.45, 2.75) is 24.1 Å². The Kier molecular flexibility index (Phi) is 3.81. The number of hydrogen-bond donors (Lipinski definition) is 0. The van der Waals surface area contributed by atoms with Crippen molar-refractivity contribution in [3.05, 3.63) is 22.4 Å². The highest BCUT2D eigenvalue weighted by Crippen LogP contribution is 2.19. The van der Waals surface area contributed by atoms with Gasteiger partial charge in [0.1, 0.15) is 0 Å². The molecule has 0 aliphatic carbocycles. The van der Waals surface area contributed by atoms with Crippen LogP contribution in [0.2, 0.25) is 0 Å². The van der Waals surface area contributed by atoms with E-state index in [2.05, 4.69) is 15.9 Å². The molecule has 2 rings (SSSR count). The van der Waals surface area contributed by atoms with Crippen LogP contribution in [0.15, 0.2) is 17.5 Å². The highest BCUT2D eigenvalue weighted by molar-refractivity contribution is 9.09. The van der Waals surface area contributed by atoms with Gasteiger partial charge in [-0.25, -0.2) is 0 Å². The Hall–Kier alpha value is -0.350. The number of alkyl halides is 1. The molecule has 1 fully saturated rings. The standard InChI is InChI=1S/C11H14BrNOS/c12-9-3-5-13(6-4-9)11(14)8-10-2-1-7-15-10/h1-2,7,9H,3-6,8H2. The second kappa shape index (κ2) is 5.12. The monoisotopic (exact) mass is 287 g/mol. The maximum atomic E-state index is 11.9. The molecule has 1 amide bonds. The van der Waals surface area contributed by atoms with Crippen LogP contribution in [0.3, 0.4) is 0 Å². The molecule has 0 unspecified atom stereocenters. The zero-order chi connectivity index (χ0) is 10.7. The minimum absolute atomic E-state index is 0.275. The van der Waals surface area contributed by atoms with Crippen LogP contribution in [0.1, 0.15) is 17.7 Å². The van der Waals surface area contributed by atoms with Gasteiger partial charge in [-0.1, -0.05) is 22.0 Å².